The van der Waals surface area contributed by atoms with Crippen molar-refractivity contribution >= 4 is 5.69 Å². The smallest absolute Gasteiger partial charge is 0.0593 e. The molecule has 1 heterocycles. The summed E-state index contributed by atoms with van der Waals surface area (Å²) in [4.78, 5) is 4.92. The lowest BCUT2D eigenvalue weighted by molar-refractivity contribution is 0.111. The van der Waals surface area contributed by atoms with Crippen LogP contribution in [0.3, 0.4) is 0 Å². The van der Waals surface area contributed by atoms with E-state index in [0.29, 0.717) is 0 Å². The molecule has 1 aliphatic heterocycles. The van der Waals surface area contributed by atoms with Gasteiger partial charge in [0.25, 0.3) is 0 Å². The van der Waals surface area contributed by atoms with Crippen molar-refractivity contribution in [3.63, 3.8) is 0 Å². The number of benzene rings is 1. The maximum atomic E-state index is 5.40. The molecule has 0 amide bonds. The highest BCUT2D eigenvalue weighted by Gasteiger charge is 2.16. The second-order valence-corrected chi connectivity index (χ2v) is 4.69. The van der Waals surface area contributed by atoms with Gasteiger partial charge < -0.3 is 9.64 Å². The fraction of sp³-hybridized carbons (Fsp3) is 0.533. The second-order valence-electron chi connectivity index (χ2n) is 4.69. The first kappa shape index (κ1) is 13.4. The van der Waals surface area contributed by atoms with Crippen LogP contribution in [-0.4, -0.2) is 50.8 Å². The van der Waals surface area contributed by atoms with Crippen molar-refractivity contribution < 1.29 is 4.74 Å². The molecule has 1 aromatic carbocycles. The first-order valence-corrected chi connectivity index (χ1v) is 6.76. The Morgan fingerprint density at radius 1 is 1.11 bits per heavy atom. The number of hydrogen-bond donors (Lipinski definition) is 0. The molecule has 0 N–H and O–H groups in total. The zero-order chi connectivity index (χ0) is 12.8. The van der Waals surface area contributed by atoms with Gasteiger partial charge in [-0.15, -0.1) is 0 Å². The summed E-state index contributed by atoms with van der Waals surface area (Å²) in [6.45, 7) is 13.1. The van der Waals surface area contributed by atoms with Crippen LogP contribution in [0.25, 0.3) is 0 Å². The summed E-state index contributed by atoms with van der Waals surface area (Å²) >= 11 is 0. The van der Waals surface area contributed by atoms with E-state index in [1.54, 1.807) is 0 Å². The highest BCUT2D eigenvalue weighted by Crippen LogP contribution is 2.16. The van der Waals surface area contributed by atoms with Gasteiger partial charge in [-0.3, -0.25) is 4.90 Å². The van der Waals surface area contributed by atoms with Crippen molar-refractivity contribution in [2.24, 2.45) is 0 Å². The van der Waals surface area contributed by atoms with E-state index in [-0.39, 0.29) is 0 Å². The maximum Gasteiger partial charge on any atom is 0.0593 e. The number of ether oxygens (including phenoxy) is 1. The lowest BCUT2D eigenvalue weighted by Crippen LogP contribution is -2.47. The van der Waals surface area contributed by atoms with E-state index in [9.17, 15) is 0 Å². The Bertz CT molecular complexity index is 342. The molecular weight excluding hydrogens is 224 g/mol. The molecule has 99 valence electrons. The van der Waals surface area contributed by atoms with E-state index >= 15 is 0 Å². The van der Waals surface area contributed by atoms with E-state index in [1.807, 2.05) is 6.92 Å². The average molecular weight is 247 g/mol. The van der Waals surface area contributed by atoms with Crippen molar-refractivity contribution in [3.8, 4) is 0 Å². The van der Waals surface area contributed by atoms with Crippen LogP contribution in [0, 0.1) is 6.92 Å². The molecule has 2 rings (SSSR count). The van der Waals surface area contributed by atoms with Gasteiger partial charge in [-0.1, -0.05) is 12.1 Å². The minimum Gasteiger partial charge on any atom is -0.380 e. The molecule has 1 radical (unpaired) electrons. The molecule has 3 nitrogen and oxygen atoms in total. The summed E-state index contributed by atoms with van der Waals surface area (Å²) in [5, 5.41) is 0. The van der Waals surface area contributed by atoms with Crippen LogP contribution in [0.4, 0.5) is 5.69 Å². The zero-order valence-corrected chi connectivity index (χ0v) is 11.3. The molecule has 18 heavy (non-hydrogen) atoms. The SMILES string of the molecule is [CH2]c1ccc(N2CCN(CCOCC)CC2)cc1. The number of hydrogen-bond acceptors (Lipinski definition) is 3. The molecule has 0 unspecified atom stereocenters. The molecule has 1 aromatic rings. The highest BCUT2D eigenvalue weighted by molar-refractivity contribution is 5.48. The van der Waals surface area contributed by atoms with Crippen molar-refractivity contribution in [2.75, 3.05) is 50.8 Å². The molecule has 0 aliphatic carbocycles. The predicted octanol–water partition coefficient (Wildman–Crippen LogP) is 2.03. The van der Waals surface area contributed by atoms with Gasteiger partial charge >= 0.3 is 0 Å². The number of piperazine rings is 1. The van der Waals surface area contributed by atoms with Crippen LogP contribution in [0.15, 0.2) is 24.3 Å². The van der Waals surface area contributed by atoms with Gasteiger partial charge in [0.2, 0.25) is 0 Å². The monoisotopic (exact) mass is 247 g/mol. The van der Waals surface area contributed by atoms with Gasteiger partial charge in [-0.05, 0) is 31.5 Å². The van der Waals surface area contributed by atoms with Gasteiger partial charge in [0.1, 0.15) is 0 Å². The quantitative estimate of drug-likeness (QED) is 0.740. The normalized spacial score (nSPS) is 17.1. The molecule has 0 atom stereocenters. The fourth-order valence-corrected chi connectivity index (χ4v) is 2.27. The Labute approximate surface area is 110 Å². The van der Waals surface area contributed by atoms with Crippen molar-refractivity contribution in [1.82, 2.24) is 4.90 Å². The van der Waals surface area contributed by atoms with Crippen LogP contribution >= 0.6 is 0 Å². The summed E-state index contributed by atoms with van der Waals surface area (Å²) < 4.78 is 5.40. The highest BCUT2D eigenvalue weighted by atomic mass is 16.5. The molecule has 3 heteroatoms. The Balaban J connectivity index is 1.77. The van der Waals surface area contributed by atoms with Crippen LogP contribution in [0.1, 0.15) is 12.5 Å². The topological polar surface area (TPSA) is 15.7 Å². The molecule has 0 saturated carbocycles. The second kappa shape index (κ2) is 6.76. The summed E-state index contributed by atoms with van der Waals surface area (Å²) in [6.07, 6.45) is 0. The zero-order valence-electron chi connectivity index (χ0n) is 11.3. The minimum atomic E-state index is 0.817. The summed E-state index contributed by atoms with van der Waals surface area (Å²) in [7, 11) is 0. The number of nitrogens with zero attached hydrogens (tertiary/aromatic N) is 2. The molecule has 1 aliphatic rings. The number of anilines is 1. The molecular formula is C15H23N2O. The van der Waals surface area contributed by atoms with Crippen LogP contribution < -0.4 is 4.90 Å². The molecule has 0 bridgehead atoms. The van der Waals surface area contributed by atoms with Crippen LogP contribution in [0.5, 0.6) is 0 Å². The van der Waals surface area contributed by atoms with Crippen LogP contribution in [0.2, 0.25) is 0 Å². The average Bonchev–Trinajstić information content (AvgIpc) is 2.41. The largest absolute Gasteiger partial charge is 0.380 e. The third kappa shape index (κ3) is 3.72. The maximum absolute atomic E-state index is 5.40. The van der Waals surface area contributed by atoms with Gasteiger partial charge in [0.15, 0.2) is 0 Å². The molecule has 0 spiro atoms. The van der Waals surface area contributed by atoms with E-state index in [4.69, 9.17) is 4.74 Å². The summed E-state index contributed by atoms with van der Waals surface area (Å²) in [6, 6.07) is 8.49. The predicted molar refractivity (Wildman–Crippen MR) is 76.0 cm³/mol. The Hall–Kier alpha value is -1.06. The van der Waals surface area contributed by atoms with Crippen LogP contribution in [-0.2, 0) is 4.74 Å². The number of rotatable bonds is 5. The van der Waals surface area contributed by atoms with Crippen molar-refractivity contribution in [2.45, 2.75) is 6.92 Å². The van der Waals surface area contributed by atoms with Crippen molar-refractivity contribution in [3.05, 3.63) is 36.8 Å². The Kier molecular flexibility index (Phi) is 5.02. The summed E-state index contributed by atoms with van der Waals surface area (Å²) in [5.74, 6) is 0. The Morgan fingerprint density at radius 2 is 1.78 bits per heavy atom. The van der Waals surface area contributed by atoms with Crippen molar-refractivity contribution in [1.29, 1.82) is 0 Å². The van der Waals surface area contributed by atoms with E-state index < -0.39 is 0 Å². The lowest BCUT2D eigenvalue weighted by Gasteiger charge is -2.36. The first-order valence-electron chi connectivity index (χ1n) is 6.76. The van der Waals surface area contributed by atoms with Gasteiger partial charge in [-0.25, -0.2) is 0 Å². The summed E-state index contributed by atoms with van der Waals surface area (Å²) in [5.41, 5.74) is 2.39. The Morgan fingerprint density at radius 3 is 2.39 bits per heavy atom. The molecule has 1 saturated heterocycles. The van der Waals surface area contributed by atoms with E-state index in [0.717, 1.165) is 51.5 Å². The fourth-order valence-electron chi connectivity index (χ4n) is 2.27. The van der Waals surface area contributed by atoms with Gasteiger partial charge in [0, 0.05) is 45.0 Å². The van der Waals surface area contributed by atoms with Gasteiger partial charge in [-0.2, -0.15) is 0 Å². The first-order chi connectivity index (χ1) is 8.79. The van der Waals surface area contributed by atoms with E-state index in [1.165, 1.54) is 5.69 Å². The third-order valence-corrected chi connectivity index (χ3v) is 3.43. The van der Waals surface area contributed by atoms with Gasteiger partial charge in [0.05, 0.1) is 6.61 Å². The van der Waals surface area contributed by atoms with E-state index in [2.05, 4.69) is 41.0 Å². The minimum absolute atomic E-state index is 0.817. The standard InChI is InChI=1S/C15H23N2O/c1-3-18-13-12-16-8-10-17(11-9-16)15-6-4-14(2)5-7-15/h4-7H,2-3,8-13H2,1H3. The molecule has 1 fully saturated rings. The lowest BCUT2D eigenvalue weighted by atomic mass is 10.2. The molecule has 0 aromatic heterocycles. The third-order valence-electron chi connectivity index (χ3n) is 3.43.